The summed E-state index contributed by atoms with van der Waals surface area (Å²) in [5.41, 5.74) is 0. The molecule has 1 aromatic rings. The molecule has 0 radical (unpaired) electrons. The number of nitrogens with zero attached hydrogens (tertiary/aromatic N) is 1. The number of furan rings is 1. The summed E-state index contributed by atoms with van der Waals surface area (Å²) in [6, 6.07) is 3.04. The van der Waals surface area contributed by atoms with E-state index in [9.17, 15) is 10.1 Å². The van der Waals surface area contributed by atoms with Gasteiger partial charge in [-0.25, -0.2) is 0 Å². The average molecular weight is 254 g/mol. The van der Waals surface area contributed by atoms with Crippen molar-refractivity contribution in [2.24, 2.45) is 0 Å². The minimum absolute atomic E-state index is 0.189. The largest absolute Gasteiger partial charge is 0.433 e. The van der Waals surface area contributed by atoms with Crippen LogP contribution >= 0.6 is 0 Å². The number of hydrogen-bond donors (Lipinski definition) is 1. The van der Waals surface area contributed by atoms with Gasteiger partial charge < -0.3 is 9.73 Å². The standard InChI is InChI=1S/C13H22N2O3/c1-2-3-4-5-6-7-10-14-11-12-8-9-13(18-12)15(16)17/h8-9,14H,2-7,10-11H2,1H3. The maximum atomic E-state index is 10.4. The van der Waals surface area contributed by atoms with Crippen molar-refractivity contribution in [1.82, 2.24) is 5.32 Å². The Hall–Kier alpha value is -1.36. The van der Waals surface area contributed by atoms with Crippen molar-refractivity contribution < 1.29 is 9.34 Å². The Morgan fingerprint density at radius 3 is 2.61 bits per heavy atom. The lowest BCUT2D eigenvalue weighted by Crippen LogP contribution is -2.14. The molecule has 0 unspecified atom stereocenters. The molecule has 0 saturated heterocycles. The molecule has 18 heavy (non-hydrogen) atoms. The van der Waals surface area contributed by atoms with Gasteiger partial charge in [-0.1, -0.05) is 39.0 Å². The van der Waals surface area contributed by atoms with Crippen LogP contribution in [0, 0.1) is 10.1 Å². The zero-order chi connectivity index (χ0) is 13.2. The first-order valence-corrected chi connectivity index (χ1v) is 6.68. The van der Waals surface area contributed by atoms with Gasteiger partial charge in [0.15, 0.2) is 0 Å². The van der Waals surface area contributed by atoms with Gasteiger partial charge in [0.05, 0.1) is 12.6 Å². The minimum Gasteiger partial charge on any atom is -0.404 e. The normalized spacial score (nSPS) is 10.7. The van der Waals surface area contributed by atoms with E-state index in [1.807, 2.05) is 0 Å². The van der Waals surface area contributed by atoms with Crippen molar-refractivity contribution in [3.05, 3.63) is 28.0 Å². The SMILES string of the molecule is CCCCCCCCNCc1ccc([N+](=O)[O-])o1. The topological polar surface area (TPSA) is 68.3 Å². The van der Waals surface area contributed by atoms with Crippen molar-refractivity contribution in [1.29, 1.82) is 0 Å². The van der Waals surface area contributed by atoms with E-state index in [4.69, 9.17) is 4.42 Å². The van der Waals surface area contributed by atoms with Gasteiger partial charge in [0.1, 0.15) is 10.7 Å². The predicted molar refractivity (Wildman–Crippen MR) is 70.4 cm³/mol. The Balaban J connectivity index is 2.02. The molecule has 1 N–H and O–H groups in total. The van der Waals surface area contributed by atoms with Crippen molar-refractivity contribution in [2.45, 2.75) is 52.0 Å². The molecule has 0 aliphatic heterocycles. The Morgan fingerprint density at radius 2 is 1.94 bits per heavy atom. The van der Waals surface area contributed by atoms with Crippen LogP contribution in [0.2, 0.25) is 0 Å². The van der Waals surface area contributed by atoms with Gasteiger partial charge in [-0.05, 0) is 19.0 Å². The lowest BCUT2D eigenvalue weighted by atomic mass is 10.1. The smallest absolute Gasteiger partial charge is 0.404 e. The number of unbranched alkanes of at least 4 members (excludes halogenated alkanes) is 5. The fraction of sp³-hybridized carbons (Fsp3) is 0.692. The highest BCUT2D eigenvalue weighted by molar-refractivity contribution is 5.17. The second-order valence-electron chi connectivity index (χ2n) is 4.44. The Bertz CT molecular complexity index is 350. The van der Waals surface area contributed by atoms with E-state index in [0.29, 0.717) is 12.3 Å². The number of hydrogen-bond acceptors (Lipinski definition) is 4. The summed E-state index contributed by atoms with van der Waals surface area (Å²) >= 11 is 0. The van der Waals surface area contributed by atoms with Crippen LogP contribution in [0.4, 0.5) is 5.88 Å². The molecule has 1 aromatic heterocycles. The van der Waals surface area contributed by atoms with Crippen LogP contribution in [0.3, 0.4) is 0 Å². The monoisotopic (exact) mass is 254 g/mol. The first-order chi connectivity index (χ1) is 8.74. The zero-order valence-corrected chi connectivity index (χ0v) is 11.0. The van der Waals surface area contributed by atoms with Crippen molar-refractivity contribution >= 4 is 5.88 Å². The van der Waals surface area contributed by atoms with Gasteiger partial charge in [0.25, 0.3) is 0 Å². The summed E-state index contributed by atoms with van der Waals surface area (Å²) in [7, 11) is 0. The molecular weight excluding hydrogens is 232 g/mol. The van der Waals surface area contributed by atoms with Gasteiger partial charge in [-0.2, -0.15) is 0 Å². The molecule has 0 amide bonds. The molecule has 5 heteroatoms. The highest BCUT2D eigenvalue weighted by Gasteiger charge is 2.10. The van der Waals surface area contributed by atoms with Crippen LogP contribution in [0.25, 0.3) is 0 Å². The maximum absolute atomic E-state index is 10.4. The molecule has 0 saturated carbocycles. The fourth-order valence-electron chi connectivity index (χ4n) is 1.80. The third kappa shape index (κ3) is 5.82. The first kappa shape index (κ1) is 14.7. The van der Waals surface area contributed by atoms with Crippen molar-refractivity contribution in [3.63, 3.8) is 0 Å². The van der Waals surface area contributed by atoms with Crippen molar-refractivity contribution in [3.8, 4) is 0 Å². The molecule has 0 atom stereocenters. The molecule has 1 heterocycles. The lowest BCUT2D eigenvalue weighted by molar-refractivity contribution is -0.402. The summed E-state index contributed by atoms with van der Waals surface area (Å²) in [5, 5.41) is 13.6. The highest BCUT2D eigenvalue weighted by Crippen LogP contribution is 2.15. The van der Waals surface area contributed by atoms with E-state index in [2.05, 4.69) is 12.2 Å². The van der Waals surface area contributed by atoms with Gasteiger partial charge >= 0.3 is 5.88 Å². The quantitative estimate of drug-likeness (QED) is 0.393. The third-order valence-corrected chi connectivity index (χ3v) is 2.83. The summed E-state index contributed by atoms with van der Waals surface area (Å²) < 4.78 is 5.04. The Kier molecular flexibility index (Phi) is 7.10. The summed E-state index contributed by atoms with van der Waals surface area (Å²) in [6.45, 7) is 3.70. The molecule has 0 spiro atoms. The minimum atomic E-state index is -0.517. The number of nitro groups is 1. The fourth-order valence-corrected chi connectivity index (χ4v) is 1.80. The van der Waals surface area contributed by atoms with Gasteiger partial charge in [0.2, 0.25) is 0 Å². The van der Waals surface area contributed by atoms with Crippen LogP contribution in [0.5, 0.6) is 0 Å². The number of rotatable bonds is 10. The molecule has 0 aliphatic rings. The molecule has 0 aliphatic carbocycles. The van der Waals surface area contributed by atoms with Gasteiger partial charge in [-0.15, -0.1) is 0 Å². The van der Waals surface area contributed by atoms with E-state index in [1.165, 1.54) is 38.2 Å². The molecule has 0 fully saturated rings. The molecular formula is C13H22N2O3. The first-order valence-electron chi connectivity index (χ1n) is 6.68. The summed E-state index contributed by atoms with van der Waals surface area (Å²) in [6.07, 6.45) is 7.60. The molecule has 5 nitrogen and oxygen atoms in total. The van der Waals surface area contributed by atoms with E-state index in [1.54, 1.807) is 6.07 Å². The van der Waals surface area contributed by atoms with Crippen molar-refractivity contribution in [2.75, 3.05) is 6.54 Å². The van der Waals surface area contributed by atoms with Gasteiger partial charge in [0, 0.05) is 0 Å². The predicted octanol–water partition coefficient (Wildman–Crippen LogP) is 3.64. The van der Waals surface area contributed by atoms with Crippen LogP contribution in [0.1, 0.15) is 51.2 Å². The van der Waals surface area contributed by atoms with E-state index >= 15 is 0 Å². The molecule has 102 valence electrons. The van der Waals surface area contributed by atoms with Crippen LogP contribution in [-0.4, -0.2) is 11.5 Å². The third-order valence-electron chi connectivity index (χ3n) is 2.83. The second kappa shape index (κ2) is 8.69. The van der Waals surface area contributed by atoms with E-state index in [-0.39, 0.29) is 5.88 Å². The molecule has 1 rings (SSSR count). The highest BCUT2D eigenvalue weighted by atomic mass is 16.6. The van der Waals surface area contributed by atoms with Crippen LogP contribution in [-0.2, 0) is 6.54 Å². The Morgan fingerprint density at radius 1 is 1.22 bits per heavy atom. The summed E-state index contributed by atoms with van der Waals surface area (Å²) in [5.74, 6) is 0.430. The Labute approximate surface area is 108 Å². The van der Waals surface area contributed by atoms with E-state index in [0.717, 1.165) is 13.0 Å². The number of nitrogens with one attached hydrogen (secondary N) is 1. The lowest BCUT2D eigenvalue weighted by Gasteiger charge is -2.02. The summed E-state index contributed by atoms with van der Waals surface area (Å²) in [4.78, 5) is 9.89. The molecule has 0 aromatic carbocycles. The molecule has 0 bridgehead atoms. The average Bonchev–Trinajstić information content (AvgIpc) is 2.81. The van der Waals surface area contributed by atoms with Crippen LogP contribution < -0.4 is 5.32 Å². The van der Waals surface area contributed by atoms with Gasteiger partial charge in [-0.3, -0.25) is 10.1 Å². The second-order valence-corrected chi connectivity index (χ2v) is 4.44. The van der Waals surface area contributed by atoms with Crippen LogP contribution in [0.15, 0.2) is 16.5 Å². The zero-order valence-electron chi connectivity index (χ0n) is 11.0. The van der Waals surface area contributed by atoms with E-state index < -0.39 is 4.92 Å². The maximum Gasteiger partial charge on any atom is 0.433 e.